The van der Waals surface area contributed by atoms with Crippen molar-refractivity contribution < 1.29 is 17.8 Å². The molecule has 0 unspecified atom stereocenters. The number of hydrogen-bond donors (Lipinski definition) is 2. The van der Waals surface area contributed by atoms with Crippen LogP contribution in [0.5, 0.6) is 0 Å². The third-order valence-corrected chi connectivity index (χ3v) is 5.75. The van der Waals surface area contributed by atoms with Gasteiger partial charge in [0.05, 0.1) is 17.7 Å². The number of benzene rings is 3. The molecule has 3 aromatic carbocycles. The number of rotatable bonds is 6. The van der Waals surface area contributed by atoms with Crippen molar-refractivity contribution in [1.29, 1.82) is 0 Å². The van der Waals surface area contributed by atoms with Gasteiger partial charge in [-0.15, -0.1) is 0 Å². The van der Waals surface area contributed by atoms with Crippen LogP contribution in [0.4, 0.5) is 0 Å². The number of carbonyl (C=O) groups is 1. The normalized spacial score (nSPS) is 11.6. The van der Waals surface area contributed by atoms with E-state index < -0.39 is 15.0 Å². The van der Waals surface area contributed by atoms with Gasteiger partial charge in [0.2, 0.25) is 5.91 Å². The molecular formula is C21H16Cl2N2O4S. The lowest BCUT2D eigenvalue weighted by Gasteiger charge is -2.11. The molecule has 0 saturated heterocycles. The van der Waals surface area contributed by atoms with Crippen molar-refractivity contribution in [2.45, 2.75) is 11.3 Å². The largest absolute Gasteiger partial charge is 0.296 e. The molecule has 0 spiro atoms. The quantitative estimate of drug-likeness (QED) is 0.317. The maximum atomic E-state index is 12.1. The van der Waals surface area contributed by atoms with Gasteiger partial charge in [-0.05, 0) is 23.3 Å². The predicted molar refractivity (Wildman–Crippen MR) is 118 cm³/mol. The van der Waals surface area contributed by atoms with Crippen LogP contribution >= 0.6 is 23.2 Å². The lowest BCUT2D eigenvalue weighted by molar-refractivity contribution is -0.120. The van der Waals surface area contributed by atoms with Gasteiger partial charge >= 0.3 is 0 Å². The second-order valence-electron chi connectivity index (χ2n) is 6.28. The molecule has 2 N–H and O–H groups in total. The number of halogens is 2. The fraction of sp³-hybridized carbons (Fsp3) is 0.0476. The molecule has 1 amide bonds. The summed E-state index contributed by atoms with van der Waals surface area (Å²) in [5.74, 6) is -0.288. The van der Waals surface area contributed by atoms with Crippen molar-refractivity contribution in [2.75, 3.05) is 0 Å². The van der Waals surface area contributed by atoms with Crippen LogP contribution in [-0.2, 0) is 21.3 Å². The lowest BCUT2D eigenvalue weighted by atomic mass is 10.0. The fourth-order valence-electron chi connectivity index (χ4n) is 2.80. The van der Waals surface area contributed by atoms with E-state index in [9.17, 15) is 17.8 Å². The number of amides is 1. The molecule has 0 atom stereocenters. The Bertz CT molecular complexity index is 1210. The molecule has 6 nitrogen and oxygen atoms in total. The second kappa shape index (κ2) is 9.40. The molecule has 3 aromatic rings. The Kier molecular flexibility index (Phi) is 6.89. The Balaban J connectivity index is 1.88. The summed E-state index contributed by atoms with van der Waals surface area (Å²) in [6.07, 6.45) is 1.60. The van der Waals surface area contributed by atoms with Crippen LogP contribution in [-0.4, -0.2) is 25.1 Å². The van der Waals surface area contributed by atoms with Crippen molar-refractivity contribution in [3.05, 3.63) is 87.9 Å². The number of hydrazone groups is 1. The Hall–Kier alpha value is -2.71. The highest BCUT2D eigenvalue weighted by Gasteiger charge is 2.20. The van der Waals surface area contributed by atoms with Gasteiger partial charge < -0.3 is 0 Å². The molecule has 0 fully saturated rings. The first-order valence-electron chi connectivity index (χ1n) is 8.67. The third kappa shape index (κ3) is 5.46. The summed E-state index contributed by atoms with van der Waals surface area (Å²) < 4.78 is 32.6. The van der Waals surface area contributed by atoms with Gasteiger partial charge in [-0.25, -0.2) is 5.43 Å². The van der Waals surface area contributed by atoms with Crippen molar-refractivity contribution in [1.82, 2.24) is 5.43 Å². The van der Waals surface area contributed by atoms with Crippen LogP contribution < -0.4 is 5.43 Å². The zero-order chi connectivity index (χ0) is 21.7. The van der Waals surface area contributed by atoms with E-state index in [1.54, 1.807) is 24.3 Å². The maximum absolute atomic E-state index is 12.1. The highest BCUT2D eigenvalue weighted by Crippen LogP contribution is 2.37. The zero-order valence-corrected chi connectivity index (χ0v) is 17.7. The Morgan fingerprint density at radius 1 is 1.00 bits per heavy atom. The number of carbonyl (C=O) groups excluding carboxylic acids is 1. The van der Waals surface area contributed by atoms with Crippen LogP contribution in [0.3, 0.4) is 0 Å². The van der Waals surface area contributed by atoms with Crippen molar-refractivity contribution in [3.8, 4) is 11.1 Å². The molecule has 30 heavy (non-hydrogen) atoms. The lowest BCUT2D eigenvalue weighted by Crippen LogP contribution is -2.19. The van der Waals surface area contributed by atoms with Crippen LogP contribution in [0.2, 0.25) is 10.0 Å². The van der Waals surface area contributed by atoms with E-state index in [0.29, 0.717) is 16.7 Å². The first kappa shape index (κ1) is 22.0. The van der Waals surface area contributed by atoms with Crippen LogP contribution in [0.15, 0.2) is 76.7 Å². The molecular weight excluding hydrogens is 447 g/mol. The summed E-state index contributed by atoms with van der Waals surface area (Å²) in [4.78, 5) is 11.6. The SMILES string of the molecule is O=C(Cc1ccccc1)NN=Cc1ccccc1-c1cc(Cl)cc(S(=O)(=O)O)c1Cl. The van der Waals surface area contributed by atoms with E-state index in [-0.39, 0.29) is 22.4 Å². The molecule has 0 saturated carbocycles. The second-order valence-corrected chi connectivity index (χ2v) is 8.49. The van der Waals surface area contributed by atoms with Crippen LogP contribution in [0.25, 0.3) is 11.1 Å². The number of nitrogens with zero attached hydrogens (tertiary/aromatic N) is 1. The highest BCUT2D eigenvalue weighted by molar-refractivity contribution is 7.86. The van der Waals surface area contributed by atoms with Gasteiger partial charge in [0.25, 0.3) is 10.1 Å². The Morgan fingerprint density at radius 3 is 2.37 bits per heavy atom. The highest BCUT2D eigenvalue weighted by atomic mass is 35.5. The molecule has 3 rings (SSSR count). The van der Waals surface area contributed by atoms with Crippen LogP contribution in [0, 0.1) is 0 Å². The average molecular weight is 463 g/mol. The molecule has 0 aliphatic rings. The van der Waals surface area contributed by atoms with Gasteiger partial charge in [0.15, 0.2) is 0 Å². The van der Waals surface area contributed by atoms with Crippen LogP contribution in [0.1, 0.15) is 11.1 Å². The van der Waals surface area contributed by atoms with Gasteiger partial charge in [0, 0.05) is 16.1 Å². The standard InChI is InChI=1S/C21H16Cl2N2O4S/c22-16-11-18(21(23)19(12-16)30(27,28)29)17-9-5-4-8-15(17)13-24-25-20(26)10-14-6-2-1-3-7-14/h1-9,11-13H,10H2,(H,25,26)(H,27,28,29). The fourth-order valence-corrected chi connectivity index (χ4v) is 4.20. The smallest absolute Gasteiger partial charge is 0.282 e. The first-order chi connectivity index (χ1) is 14.3. The molecule has 9 heteroatoms. The van der Waals surface area contributed by atoms with E-state index in [1.807, 2.05) is 30.3 Å². The summed E-state index contributed by atoms with van der Waals surface area (Å²) in [5.41, 5.74) is 4.69. The molecule has 0 radical (unpaired) electrons. The third-order valence-electron chi connectivity index (χ3n) is 4.13. The average Bonchev–Trinajstić information content (AvgIpc) is 2.70. The minimum atomic E-state index is -4.56. The molecule has 0 aromatic heterocycles. The summed E-state index contributed by atoms with van der Waals surface area (Å²) in [7, 11) is -4.56. The molecule has 154 valence electrons. The van der Waals surface area contributed by atoms with E-state index in [1.165, 1.54) is 12.3 Å². The molecule has 0 aliphatic carbocycles. The molecule has 0 heterocycles. The number of nitrogens with one attached hydrogen (secondary N) is 1. The first-order valence-corrected chi connectivity index (χ1v) is 10.9. The zero-order valence-electron chi connectivity index (χ0n) is 15.4. The minimum Gasteiger partial charge on any atom is -0.282 e. The van der Waals surface area contributed by atoms with E-state index in [0.717, 1.165) is 11.6 Å². The predicted octanol–water partition coefficient (Wildman–Crippen LogP) is 4.60. The summed E-state index contributed by atoms with van der Waals surface area (Å²) in [6, 6.07) is 18.7. The van der Waals surface area contributed by atoms with Gasteiger partial charge in [0.1, 0.15) is 4.90 Å². The van der Waals surface area contributed by atoms with Gasteiger partial charge in [-0.1, -0.05) is 77.8 Å². The van der Waals surface area contributed by atoms with Gasteiger partial charge in [-0.2, -0.15) is 13.5 Å². The Labute approximate surface area is 183 Å². The minimum absolute atomic E-state index is 0.0879. The van der Waals surface area contributed by atoms with E-state index in [4.69, 9.17) is 23.2 Å². The topological polar surface area (TPSA) is 95.8 Å². The van der Waals surface area contributed by atoms with E-state index in [2.05, 4.69) is 10.5 Å². The van der Waals surface area contributed by atoms with Crippen molar-refractivity contribution >= 4 is 45.4 Å². The van der Waals surface area contributed by atoms with Gasteiger partial charge in [-0.3, -0.25) is 9.35 Å². The van der Waals surface area contributed by atoms with Crippen molar-refractivity contribution in [3.63, 3.8) is 0 Å². The maximum Gasteiger partial charge on any atom is 0.296 e. The molecule has 0 aliphatic heterocycles. The Morgan fingerprint density at radius 2 is 1.67 bits per heavy atom. The molecule has 0 bridgehead atoms. The number of hydrogen-bond acceptors (Lipinski definition) is 4. The monoisotopic (exact) mass is 462 g/mol. The van der Waals surface area contributed by atoms with E-state index >= 15 is 0 Å². The summed E-state index contributed by atoms with van der Waals surface area (Å²) in [5, 5.41) is 3.90. The van der Waals surface area contributed by atoms with Crippen molar-refractivity contribution in [2.24, 2.45) is 5.10 Å². The summed E-state index contributed by atoms with van der Waals surface area (Å²) >= 11 is 12.3. The summed E-state index contributed by atoms with van der Waals surface area (Å²) in [6.45, 7) is 0.